The molecule has 0 amide bonds. The van der Waals surface area contributed by atoms with Crippen LogP contribution in [0.1, 0.15) is 26.1 Å². The summed E-state index contributed by atoms with van der Waals surface area (Å²) < 4.78 is 5.59. The number of rotatable bonds is 5. The minimum atomic E-state index is -0.820. The van der Waals surface area contributed by atoms with Crippen LogP contribution in [0.4, 0.5) is 0 Å². The number of ether oxygens (including phenoxy) is 1. The van der Waals surface area contributed by atoms with Gasteiger partial charge in [0.25, 0.3) is 0 Å². The molecule has 0 atom stereocenters. The van der Waals surface area contributed by atoms with Crippen LogP contribution in [0.3, 0.4) is 0 Å². The van der Waals surface area contributed by atoms with Crippen molar-refractivity contribution in [3.05, 3.63) is 24.0 Å². The van der Waals surface area contributed by atoms with E-state index in [-0.39, 0.29) is 12.5 Å². The predicted octanol–water partition coefficient (Wildman–Crippen LogP) is 2.37. The number of fused-ring (bicyclic) bond motifs is 1. The van der Waals surface area contributed by atoms with Crippen molar-refractivity contribution in [2.45, 2.75) is 32.8 Å². The smallest absolute Gasteiger partial charge is 0.303 e. The number of benzene rings is 1. The van der Waals surface area contributed by atoms with E-state index in [1.54, 1.807) is 0 Å². The molecular weight excluding hydrogens is 232 g/mol. The molecule has 0 aliphatic carbocycles. The summed E-state index contributed by atoms with van der Waals surface area (Å²) in [5.74, 6) is 0.652. The van der Waals surface area contributed by atoms with Gasteiger partial charge in [-0.3, -0.25) is 4.79 Å². The van der Waals surface area contributed by atoms with Crippen LogP contribution in [0.5, 0.6) is 5.75 Å². The Morgan fingerprint density at radius 1 is 1.50 bits per heavy atom. The molecule has 2 aromatic rings. The second kappa shape index (κ2) is 5.08. The van der Waals surface area contributed by atoms with Crippen molar-refractivity contribution >= 4 is 17.0 Å². The molecule has 0 saturated heterocycles. The number of carboxylic acids is 1. The second-order valence-electron chi connectivity index (χ2n) is 4.42. The number of carbonyl (C=O) groups is 1. The quantitative estimate of drug-likeness (QED) is 0.851. The van der Waals surface area contributed by atoms with Crippen LogP contribution >= 0.6 is 0 Å². The lowest BCUT2D eigenvalue weighted by Crippen LogP contribution is -2.05. The van der Waals surface area contributed by atoms with Gasteiger partial charge in [0.05, 0.1) is 23.6 Å². The largest absolute Gasteiger partial charge is 0.491 e. The Balaban J connectivity index is 2.19. The topological polar surface area (TPSA) is 75.2 Å². The molecule has 0 saturated carbocycles. The molecule has 5 nitrogen and oxygen atoms in total. The maximum Gasteiger partial charge on any atom is 0.303 e. The molecule has 96 valence electrons. The summed E-state index contributed by atoms with van der Waals surface area (Å²) in [5.41, 5.74) is 1.69. The highest BCUT2D eigenvalue weighted by molar-refractivity contribution is 5.77. The van der Waals surface area contributed by atoms with E-state index < -0.39 is 5.97 Å². The van der Waals surface area contributed by atoms with Crippen molar-refractivity contribution in [2.75, 3.05) is 0 Å². The van der Waals surface area contributed by atoms with Crippen LogP contribution in [-0.2, 0) is 11.2 Å². The van der Waals surface area contributed by atoms with Crippen LogP contribution in [0.25, 0.3) is 11.0 Å². The monoisotopic (exact) mass is 248 g/mol. The molecule has 0 unspecified atom stereocenters. The van der Waals surface area contributed by atoms with Crippen LogP contribution < -0.4 is 4.74 Å². The van der Waals surface area contributed by atoms with Crippen molar-refractivity contribution in [1.82, 2.24) is 9.97 Å². The zero-order valence-electron chi connectivity index (χ0n) is 10.4. The van der Waals surface area contributed by atoms with Crippen molar-refractivity contribution < 1.29 is 14.6 Å². The van der Waals surface area contributed by atoms with Gasteiger partial charge in [0.15, 0.2) is 0 Å². The molecule has 1 aromatic heterocycles. The lowest BCUT2D eigenvalue weighted by molar-refractivity contribution is -0.137. The van der Waals surface area contributed by atoms with E-state index in [4.69, 9.17) is 9.84 Å². The lowest BCUT2D eigenvalue weighted by Gasteiger charge is -2.08. The van der Waals surface area contributed by atoms with Gasteiger partial charge in [-0.15, -0.1) is 0 Å². The molecule has 0 fully saturated rings. The Morgan fingerprint density at radius 2 is 2.28 bits per heavy atom. The first-order valence-electron chi connectivity index (χ1n) is 5.91. The minimum Gasteiger partial charge on any atom is -0.491 e. The normalized spacial score (nSPS) is 11.1. The summed E-state index contributed by atoms with van der Waals surface area (Å²) in [7, 11) is 0. The summed E-state index contributed by atoms with van der Waals surface area (Å²) in [6, 6.07) is 5.62. The highest BCUT2D eigenvalue weighted by atomic mass is 16.5. The molecule has 0 aliphatic heterocycles. The number of carboxylic acid groups (broad SMARTS) is 1. The van der Waals surface area contributed by atoms with E-state index in [0.717, 1.165) is 16.8 Å². The zero-order chi connectivity index (χ0) is 13.1. The maximum atomic E-state index is 10.5. The summed E-state index contributed by atoms with van der Waals surface area (Å²) >= 11 is 0. The third kappa shape index (κ3) is 3.00. The molecule has 18 heavy (non-hydrogen) atoms. The first-order chi connectivity index (χ1) is 8.54. The van der Waals surface area contributed by atoms with E-state index in [1.807, 2.05) is 32.0 Å². The predicted molar refractivity (Wildman–Crippen MR) is 67.8 cm³/mol. The average Bonchev–Trinajstić information content (AvgIpc) is 2.67. The van der Waals surface area contributed by atoms with E-state index in [1.165, 1.54) is 0 Å². The van der Waals surface area contributed by atoms with Gasteiger partial charge in [-0.2, -0.15) is 0 Å². The summed E-state index contributed by atoms with van der Waals surface area (Å²) in [4.78, 5) is 17.9. The van der Waals surface area contributed by atoms with Crippen LogP contribution in [-0.4, -0.2) is 27.1 Å². The molecule has 1 aromatic carbocycles. The number of hydrogen-bond donors (Lipinski definition) is 2. The molecular formula is C13H16N2O3. The van der Waals surface area contributed by atoms with Crippen LogP contribution in [0.2, 0.25) is 0 Å². The third-order valence-electron chi connectivity index (χ3n) is 2.45. The molecule has 5 heteroatoms. The number of aromatic amines is 1. The third-order valence-corrected chi connectivity index (χ3v) is 2.45. The molecule has 2 N–H and O–H groups in total. The van der Waals surface area contributed by atoms with E-state index in [0.29, 0.717) is 12.2 Å². The zero-order valence-corrected chi connectivity index (χ0v) is 10.4. The number of H-pyrrole nitrogens is 1. The van der Waals surface area contributed by atoms with Crippen molar-refractivity contribution in [3.63, 3.8) is 0 Å². The van der Waals surface area contributed by atoms with E-state index >= 15 is 0 Å². The SMILES string of the molecule is CC(C)Oc1ccc2nc(CCC(=O)O)[nH]c2c1. The fraction of sp³-hybridized carbons (Fsp3) is 0.385. The Kier molecular flexibility index (Phi) is 3.50. The van der Waals surface area contributed by atoms with Crippen LogP contribution in [0.15, 0.2) is 18.2 Å². The summed E-state index contributed by atoms with van der Waals surface area (Å²) in [5, 5.41) is 8.63. The van der Waals surface area contributed by atoms with E-state index in [2.05, 4.69) is 9.97 Å². The van der Waals surface area contributed by atoms with Gasteiger partial charge in [0.2, 0.25) is 0 Å². The summed E-state index contributed by atoms with van der Waals surface area (Å²) in [6.07, 6.45) is 0.608. The van der Waals surface area contributed by atoms with Gasteiger partial charge in [-0.05, 0) is 26.0 Å². The number of nitrogens with zero attached hydrogens (tertiary/aromatic N) is 1. The molecule has 1 heterocycles. The number of aryl methyl sites for hydroxylation is 1. The van der Waals surface area contributed by atoms with Gasteiger partial charge in [-0.25, -0.2) is 4.98 Å². The molecule has 0 aliphatic rings. The van der Waals surface area contributed by atoms with Gasteiger partial charge in [0.1, 0.15) is 11.6 Å². The Bertz CT molecular complexity index is 560. The number of nitrogens with one attached hydrogen (secondary N) is 1. The highest BCUT2D eigenvalue weighted by Crippen LogP contribution is 2.20. The molecule has 2 rings (SSSR count). The standard InChI is InChI=1S/C13H16N2O3/c1-8(2)18-9-3-4-10-11(7-9)15-12(14-10)5-6-13(16)17/h3-4,7-8H,5-6H2,1-2H3,(H,14,15)(H,16,17). The molecule has 0 spiro atoms. The molecule has 0 bridgehead atoms. The fourth-order valence-electron chi connectivity index (χ4n) is 1.73. The van der Waals surface area contributed by atoms with Gasteiger partial charge >= 0.3 is 5.97 Å². The number of aromatic nitrogens is 2. The second-order valence-corrected chi connectivity index (χ2v) is 4.42. The molecule has 0 radical (unpaired) electrons. The minimum absolute atomic E-state index is 0.0785. The van der Waals surface area contributed by atoms with Gasteiger partial charge in [0, 0.05) is 12.5 Å². The fourth-order valence-corrected chi connectivity index (χ4v) is 1.73. The van der Waals surface area contributed by atoms with Gasteiger partial charge in [-0.1, -0.05) is 0 Å². The van der Waals surface area contributed by atoms with Crippen molar-refractivity contribution in [2.24, 2.45) is 0 Å². The highest BCUT2D eigenvalue weighted by Gasteiger charge is 2.06. The maximum absolute atomic E-state index is 10.5. The Hall–Kier alpha value is -2.04. The van der Waals surface area contributed by atoms with Crippen molar-refractivity contribution in [3.8, 4) is 5.75 Å². The Morgan fingerprint density at radius 3 is 2.94 bits per heavy atom. The number of hydrogen-bond acceptors (Lipinski definition) is 3. The van der Waals surface area contributed by atoms with Crippen molar-refractivity contribution in [1.29, 1.82) is 0 Å². The number of aliphatic carboxylic acids is 1. The average molecular weight is 248 g/mol. The first kappa shape index (κ1) is 12.4. The first-order valence-corrected chi connectivity index (χ1v) is 5.91. The lowest BCUT2D eigenvalue weighted by atomic mass is 10.3. The number of imidazole rings is 1. The Labute approximate surface area is 105 Å². The van der Waals surface area contributed by atoms with Crippen LogP contribution in [0, 0.1) is 0 Å². The van der Waals surface area contributed by atoms with E-state index in [9.17, 15) is 4.79 Å². The summed E-state index contributed by atoms with van der Waals surface area (Å²) in [6.45, 7) is 3.94. The van der Waals surface area contributed by atoms with Gasteiger partial charge < -0.3 is 14.8 Å².